The molecule has 0 aliphatic heterocycles. The first-order valence-electron chi connectivity index (χ1n) is 13.4. The van der Waals surface area contributed by atoms with E-state index in [9.17, 15) is 19.2 Å². The molecule has 3 amide bonds. The van der Waals surface area contributed by atoms with Gasteiger partial charge in [-0.2, -0.15) is 0 Å². The number of carbonyl (C=O) groups is 4. The number of hydrogen-bond acceptors (Lipinski definition) is 5. The fourth-order valence-electron chi connectivity index (χ4n) is 4.73. The number of aldehydes is 1. The third-order valence-corrected chi connectivity index (χ3v) is 6.83. The molecule has 0 heterocycles. The predicted octanol–water partition coefficient (Wildman–Crippen LogP) is 2.51. The molecule has 1 aliphatic rings. The first-order valence-corrected chi connectivity index (χ1v) is 13.4. The van der Waals surface area contributed by atoms with Crippen molar-refractivity contribution < 1.29 is 19.2 Å². The number of carbonyl (C=O) groups excluding carboxylic acids is 4. The standard InChI is InChI=1S/C28H44N4O4/c1-4-21-10-12-23(13-11-21)31-26(34)14-15-29-24(18-20(2)3)28(36)32-25(27(35)30-16-17-33)19-22-8-6-5-7-9-22/h5-9,17,20-21,23-25,29H,4,10-16,18-19H2,1-3H3,(H,30,35)(H,31,34)(H,32,36)/t21?,23?,24-,25-/m0/s1. The summed E-state index contributed by atoms with van der Waals surface area (Å²) in [6, 6.07) is 8.33. The highest BCUT2D eigenvalue weighted by Gasteiger charge is 2.27. The maximum atomic E-state index is 13.2. The van der Waals surface area contributed by atoms with Gasteiger partial charge in [0.25, 0.3) is 0 Å². The molecule has 200 valence electrons. The Morgan fingerprint density at radius 3 is 2.31 bits per heavy atom. The van der Waals surface area contributed by atoms with Crippen LogP contribution in [0.1, 0.15) is 71.3 Å². The van der Waals surface area contributed by atoms with Crippen molar-refractivity contribution >= 4 is 24.0 Å². The fourth-order valence-corrected chi connectivity index (χ4v) is 4.73. The number of nitrogens with one attached hydrogen (secondary N) is 4. The minimum absolute atomic E-state index is 0.00125. The first kappa shape index (κ1) is 29.5. The second-order valence-electron chi connectivity index (χ2n) is 10.2. The summed E-state index contributed by atoms with van der Waals surface area (Å²) in [6.45, 7) is 6.55. The SMILES string of the molecule is CCC1CCC(NC(=O)CCN[C@@H](CC(C)C)C(=O)N[C@@H](Cc2ccccc2)C(=O)NCC=O)CC1. The Morgan fingerprint density at radius 2 is 1.69 bits per heavy atom. The molecule has 4 N–H and O–H groups in total. The van der Waals surface area contributed by atoms with Crippen molar-refractivity contribution in [1.29, 1.82) is 0 Å². The molecule has 0 spiro atoms. The molecule has 1 saturated carbocycles. The van der Waals surface area contributed by atoms with Crippen molar-refractivity contribution in [3.63, 3.8) is 0 Å². The Hall–Kier alpha value is -2.74. The van der Waals surface area contributed by atoms with E-state index in [0.29, 0.717) is 32.1 Å². The van der Waals surface area contributed by atoms with Gasteiger partial charge in [0.15, 0.2) is 0 Å². The highest BCUT2D eigenvalue weighted by molar-refractivity contribution is 5.90. The molecule has 8 nitrogen and oxygen atoms in total. The zero-order chi connectivity index (χ0) is 26.3. The second kappa shape index (κ2) is 16.1. The molecule has 1 aromatic rings. The Labute approximate surface area is 215 Å². The molecule has 0 bridgehead atoms. The lowest BCUT2D eigenvalue weighted by molar-refractivity contribution is -0.130. The van der Waals surface area contributed by atoms with Gasteiger partial charge in [0.2, 0.25) is 17.7 Å². The molecule has 0 unspecified atom stereocenters. The van der Waals surface area contributed by atoms with E-state index in [-0.39, 0.29) is 30.3 Å². The van der Waals surface area contributed by atoms with Gasteiger partial charge in [-0.3, -0.25) is 14.4 Å². The molecule has 8 heteroatoms. The number of benzene rings is 1. The summed E-state index contributed by atoms with van der Waals surface area (Å²) >= 11 is 0. The van der Waals surface area contributed by atoms with Crippen molar-refractivity contribution in [1.82, 2.24) is 21.3 Å². The Kier molecular flexibility index (Phi) is 13.2. The quantitative estimate of drug-likeness (QED) is 0.276. The van der Waals surface area contributed by atoms with Crippen LogP contribution in [0.3, 0.4) is 0 Å². The van der Waals surface area contributed by atoms with Gasteiger partial charge >= 0.3 is 0 Å². The zero-order valence-corrected chi connectivity index (χ0v) is 22.1. The summed E-state index contributed by atoms with van der Waals surface area (Å²) in [5.74, 6) is 0.332. The van der Waals surface area contributed by atoms with Crippen LogP contribution in [-0.2, 0) is 25.6 Å². The Bertz CT molecular complexity index is 822. The first-order chi connectivity index (χ1) is 17.3. The van der Waals surface area contributed by atoms with Gasteiger partial charge in [-0.05, 0) is 49.5 Å². The van der Waals surface area contributed by atoms with Crippen LogP contribution in [0.2, 0.25) is 0 Å². The van der Waals surface area contributed by atoms with Crippen molar-refractivity contribution in [3.8, 4) is 0 Å². The van der Waals surface area contributed by atoms with Crippen molar-refractivity contribution in [2.75, 3.05) is 13.1 Å². The summed E-state index contributed by atoms with van der Waals surface area (Å²) < 4.78 is 0. The zero-order valence-electron chi connectivity index (χ0n) is 22.1. The fraction of sp³-hybridized carbons (Fsp3) is 0.643. The number of amides is 3. The van der Waals surface area contributed by atoms with Crippen LogP contribution in [0.5, 0.6) is 0 Å². The molecule has 1 aromatic carbocycles. The normalized spacial score (nSPS) is 19.2. The average Bonchev–Trinajstić information content (AvgIpc) is 2.87. The van der Waals surface area contributed by atoms with E-state index >= 15 is 0 Å². The molecule has 2 rings (SSSR count). The molecule has 36 heavy (non-hydrogen) atoms. The molecule has 1 aliphatic carbocycles. The Balaban J connectivity index is 1.91. The van der Waals surface area contributed by atoms with Gasteiger partial charge in [0.1, 0.15) is 12.3 Å². The van der Waals surface area contributed by atoms with Crippen molar-refractivity contribution in [3.05, 3.63) is 35.9 Å². The van der Waals surface area contributed by atoms with Gasteiger partial charge in [0, 0.05) is 25.4 Å². The maximum absolute atomic E-state index is 13.2. The summed E-state index contributed by atoms with van der Waals surface area (Å²) in [7, 11) is 0. The third-order valence-electron chi connectivity index (χ3n) is 6.83. The van der Waals surface area contributed by atoms with Gasteiger partial charge < -0.3 is 26.1 Å². The second-order valence-corrected chi connectivity index (χ2v) is 10.2. The van der Waals surface area contributed by atoms with E-state index in [1.54, 1.807) is 0 Å². The van der Waals surface area contributed by atoms with Gasteiger partial charge in [0.05, 0.1) is 12.6 Å². The lowest BCUT2D eigenvalue weighted by atomic mass is 9.84. The van der Waals surface area contributed by atoms with Crippen LogP contribution in [0.4, 0.5) is 0 Å². The van der Waals surface area contributed by atoms with Crippen LogP contribution in [-0.4, -0.2) is 55.2 Å². The smallest absolute Gasteiger partial charge is 0.243 e. The van der Waals surface area contributed by atoms with Gasteiger partial charge in [-0.1, -0.05) is 57.5 Å². The summed E-state index contributed by atoms with van der Waals surface area (Å²) in [6.07, 6.45) is 7.40. The predicted molar refractivity (Wildman–Crippen MR) is 141 cm³/mol. The average molecular weight is 501 g/mol. The monoisotopic (exact) mass is 500 g/mol. The van der Waals surface area contributed by atoms with E-state index in [1.165, 1.54) is 19.3 Å². The molecular weight excluding hydrogens is 456 g/mol. The summed E-state index contributed by atoms with van der Waals surface area (Å²) in [4.78, 5) is 49.0. The van der Waals surface area contributed by atoms with Crippen molar-refractivity contribution in [2.24, 2.45) is 11.8 Å². The number of hydrogen-bond donors (Lipinski definition) is 4. The molecule has 1 fully saturated rings. The summed E-state index contributed by atoms with van der Waals surface area (Å²) in [5.41, 5.74) is 0.905. The highest BCUT2D eigenvalue weighted by Crippen LogP contribution is 2.26. The van der Waals surface area contributed by atoms with Crippen LogP contribution < -0.4 is 21.3 Å². The lowest BCUT2D eigenvalue weighted by Crippen LogP contribution is -2.54. The van der Waals surface area contributed by atoms with Gasteiger partial charge in [-0.25, -0.2) is 0 Å². The summed E-state index contributed by atoms with van der Waals surface area (Å²) in [5, 5.41) is 11.8. The minimum atomic E-state index is -0.808. The highest BCUT2D eigenvalue weighted by atomic mass is 16.2. The minimum Gasteiger partial charge on any atom is -0.353 e. The van der Waals surface area contributed by atoms with E-state index in [0.717, 1.165) is 24.3 Å². The van der Waals surface area contributed by atoms with E-state index in [2.05, 4.69) is 28.2 Å². The van der Waals surface area contributed by atoms with Crippen LogP contribution in [0, 0.1) is 11.8 Å². The molecular formula is C28H44N4O4. The molecule has 0 aromatic heterocycles. The number of rotatable bonds is 15. The topological polar surface area (TPSA) is 116 Å². The van der Waals surface area contributed by atoms with Gasteiger partial charge in [-0.15, -0.1) is 0 Å². The van der Waals surface area contributed by atoms with Crippen molar-refractivity contribution in [2.45, 2.75) is 90.3 Å². The lowest BCUT2D eigenvalue weighted by Gasteiger charge is -2.28. The van der Waals surface area contributed by atoms with E-state index in [1.807, 2.05) is 44.2 Å². The Morgan fingerprint density at radius 1 is 1.00 bits per heavy atom. The van der Waals surface area contributed by atoms with Crippen LogP contribution >= 0.6 is 0 Å². The molecule has 0 saturated heterocycles. The van der Waals surface area contributed by atoms with E-state index in [4.69, 9.17) is 0 Å². The molecule has 0 radical (unpaired) electrons. The maximum Gasteiger partial charge on any atom is 0.243 e. The largest absolute Gasteiger partial charge is 0.353 e. The van der Waals surface area contributed by atoms with Crippen LogP contribution in [0.25, 0.3) is 0 Å². The van der Waals surface area contributed by atoms with E-state index < -0.39 is 18.0 Å². The third kappa shape index (κ3) is 10.9. The molecule has 2 atom stereocenters. The van der Waals surface area contributed by atoms with Crippen LogP contribution in [0.15, 0.2) is 30.3 Å².